The first kappa shape index (κ1) is 13.9. The van der Waals surface area contributed by atoms with Gasteiger partial charge in [0.15, 0.2) is 5.82 Å². The topological polar surface area (TPSA) is 47.0 Å². The molecular formula is C13H23N3O. The van der Waals surface area contributed by atoms with Crippen molar-refractivity contribution >= 4 is 5.82 Å². The van der Waals surface area contributed by atoms with E-state index in [-0.39, 0.29) is 5.41 Å². The Labute approximate surface area is 104 Å². The molecular weight excluding hydrogens is 214 g/mol. The molecule has 0 saturated carbocycles. The zero-order valence-electron chi connectivity index (χ0n) is 11.5. The summed E-state index contributed by atoms with van der Waals surface area (Å²) in [7, 11) is 1.87. The van der Waals surface area contributed by atoms with Gasteiger partial charge in [-0.2, -0.15) is 0 Å². The quantitative estimate of drug-likeness (QED) is 0.800. The van der Waals surface area contributed by atoms with E-state index < -0.39 is 0 Å². The van der Waals surface area contributed by atoms with Crippen LogP contribution in [0.25, 0.3) is 0 Å². The van der Waals surface area contributed by atoms with Gasteiger partial charge >= 0.3 is 0 Å². The molecule has 0 atom stereocenters. The van der Waals surface area contributed by atoms with E-state index in [1.807, 2.05) is 13.1 Å². The van der Waals surface area contributed by atoms with Crippen LogP contribution in [0.2, 0.25) is 0 Å². The van der Waals surface area contributed by atoms with E-state index in [1.54, 1.807) is 0 Å². The molecule has 1 aromatic heterocycles. The largest absolute Gasteiger partial charge is 0.373 e. The molecule has 0 aromatic carbocycles. The molecule has 0 radical (unpaired) electrons. The Hall–Kier alpha value is -1.16. The Morgan fingerprint density at radius 2 is 2.00 bits per heavy atom. The van der Waals surface area contributed by atoms with E-state index in [2.05, 4.69) is 43.0 Å². The lowest BCUT2D eigenvalue weighted by atomic mass is 9.92. The van der Waals surface area contributed by atoms with Gasteiger partial charge in [-0.15, -0.1) is 0 Å². The molecule has 0 saturated heterocycles. The van der Waals surface area contributed by atoms with E-state index in [9.17, 15) is 0 Å². The van der Waals surface area contributed by atoms with Crippen molar-refractivity contribution in [2.45, 2.75) is 46.1 Å². The van der Waals surface area contributed by atoms with Crippen LogP contribution in [-0.4, -0.2) is 23.6 Å². The molecule has 0 aliphatic heterocycles. The Kier molecular flexibility index (Phi) is 4.87. The van der Waals surface area contributed by atoms with Crippen molar-refractivity contribution in [1.82, 2.24) is 9.97 Å². The molecule has 1 N–H and O–H groups in total. The highest BCUT2D eigenvalue weighted by Crippen LogP contribution is 2.22. The molecule has 4 heteroatoms. The van der Waals surface area contributed by atoms with Gasteiger partial charge in [-0.25, -0.2) is 9.97 Å². The zero-order valence-corrected chi connectivity index (χ0v) is 11.5. The fourth-order valence-corrected chi connectivity index (χ4v) is 1.38. The van der Waals surface area contributed by atoms with Gasteiger partial charge in [0.25, 0.3) is 0 Å². The molecule has 0 aliphatic rings. The minimum absolute atomic E-state index is 0.0219. The van der Waals surface area contributed by atoms with Crippen molar-refractivity contribution in [2.24, 2.45) is 0 Å². The number of nitrogens with one attached hydrogen (secondary N) is 1. The van der Waals surface area contributed by atoms with Gasteiger partial charge < -0.3 is 10.1 Å². The molecule has 0 aliphatic carbocycles. The van der Waals surface area contributed by atoms with Crippen LogP contribution in [0.5, 0.6) is 0 Å². The van der Waals surface area contributed by atoms with Gasteiger partial charge in [0, 0.05) is 25.1 Å². The Morgan fingerprint density at radius 3 is 2.53 bits per heavy atom. The highest BCUT2D eigenvalue weighted by atomic mass is 16.5. The first-order chi connectivity index (χ1) is 7.97. The van der Waals surface area contributed by atoms with Gasteiger partial charge in [-0.05, 0) is 6.42 Å². The molecule has 0 spiro atoms. The molecule has 0 unspecified atom stereocenters. The lowest BCUT2D eigenvalue weighted by Crippen LogP contribution is -2.16. The fourth-order valence-electron chi connectivity index (χ4n) is 1.38. The smallest absolute Gasteiger partial charge is 0.156 e. The van der Waals surface area contributed by atoms with Crippen molar-refractivity contribution in [3.05, 3.63) is 17.6 Å². The van der Waals surface area contributed by atoms with E-state index in [0.717, 1.165) is 30.4 Å². The second kappa shape index (κ2) is 5.96. The summed E-state index contributed by atoms with van der Waals surface area (Å²) in [4.78, 5) is 8.94. The maximum atomic E-state index is 5.48. The van der Waals surface area contributed by atoms with E-state index in [4.69, 9.17) is 4.74 Å². The van der Waals surface area contributed by atoms with Crippen molar-refractivity contribution in [1.29, 1.82) is 0 Å². The number of hydrogen-bond acceptors (Lipinski definition) is 4. The second-order valence-corrected chi connectivity index (χ2v) is 5.11. The van der Waals surface area contributed by atoms with Gasteiger partial charge in [0.2, 0.25) is 0 Å². The number of hydrogen-bond donors (Lipinski definition) is 1. The Morgan fingerprint density at radius 1 is 1.29 bits per heavy atom. The summed E-state index contributed by atoms with van der Waals surface area (Å²) in [5.74, 6) is 1.59. The van der Waals surface area contributed by atoms with Crippen molar-refractivity contribution in [2.75, 3.05) is 19.0 Å². The molecule has 1 heterocycles. The monoisotopic (exact) mass is 237 g/mol. The van der Waals surface area contributed by atoms with E-state index in [1.165, 1.54) is 0 Å². The second-order valence-electron chi connectivity index (χ2n) is 5.11. The first-order valence-electron chi connectivity index (χ1n) is 6.11. The SMILES string of the molecule is CCCOCc1nc(NC)cc(C(C)(C)C)n1. The van der Waals surface area contributed by atoms with Crippen LogP contribution in [-0.2, 0) is 16.8 Å². The van der Waals surface area contributed by atoms with Gasteiger partial charge in [0.1, 0.15) is 12.4 Å². The minimum atomic E-state index is 0.0219. The van der Waals surface area contributed by atoms with Crippen LogP contribution < -0.4 is 5.32 Å². The molecule has 0 amide bonds. The first-order valence-corrected chi connectivity index (χ1v) is 6.11. The summed E-state index contributed by atoms with van der Waals surface area (Å²) >= 11 is 0. The molecule has 0 fully saturated rings. The molecule has 4 nitrogen and oxygen atoms in total. The highest BCUT2D eigenvalue weighted by molar-refractivity contribution is 5.37. The van der Waals surface area contributed by atoms with Crippen molar-refractivity contribution in [3.8, 4) is 0 Å². The summed E-state index contributed by atoms with van der Waals surface area (Å²) in [6, 6.07) is 1.99. The van der Waals surface area contributed by atoms with Crippen LogP contribution in [0.4, 0.5) is 5.82 Å². The van der Waals surface area contributed by atoms with Crippen LogP contribution in [0, 0.1) is 0 Å². The van der Waals surface area contributed by atoms with E-state index in [0.29, 0.717) is 6.61 Å². The maximum absolute atomic E-state index is 5.48. The van der Waals surface area contributed by atoms with Crippen LogP contribution in [0.15, 0.2) is 6.07 Å². The summed E-state index contributed by atoms with van der Waals surface area (Å²) in [5, 5.41) is 3.06. The molecule has 1 rings (SSSR count). The summed E-state index contributed by atoms with van der Waals surface area (Å²) in [6.45, 7) is 9.75. The van der Waals surface area contributed by atoms with Crippen LogP contribution in [0.1, 0.15) is 45.6 Å². The normalized spacial score (nSPS) is 11.6. The van der Waals surface area contributed by atoms with Crippen molar-refractivity contribution in [3.63, 3.8) is 0 Å². The summed E-state index contributed by atoms with van der Waals surface area (Å²) < 4.78 is 5.48. The fraction of sp³-hybridized carbons (Fsp3) is 0.692. The summed E-state index contributed by atoms with van der Waals surface area (Å²) in [6.07, 6.45) is 1.01. The standard InChI is InChI=1S/C13H23N3O/c1-6-7-17-9-12-15-10(13(2,3)4)8-11(14-5)16-12/h8H,6-7,9H2,1-5H3,(H,14,15,16). The van der Waals surface area contributed by atoms with Gasteiger partial charge in [-0.3, -0.25) is 0 Å². The third-order valence-electron chi connectivity index (χ3n) is 2.38. The van der Waals surface area contributed by atoms with E-state index >= 15 is 0 Å². The number of aromatic nitrogens is 2. The average molecular weight is 237 g/mol. The lowest BCUT2D eigenvalue weighted by Gasteiger charge is -2.19. The Bertz CT molecular complexity index is 358. The molecule has 17 heavy (non-hydrogen) atoms. The number of rotatable bonds is 5. The molecule has 96 valence electrons. The predicted octanol–water partition coefficient (Wildman–Crippen LogP) is 2.74. The highest BCUT2D eigenvalue weighted by Gasteiger charge is 2.17. The number of ether oxygens (including phenoxy) is 1. The third-order valence-corrected chi connectivity index (χ3v) is 2.38. The number of anilines is 1. The number of nitrogens with zero attached hydrogens (tertiary/aromatic N) is 2. The molecule has 0 bridgehead atoms. The summed E-state index contributed by atoms with van der Waals surface area (Å²) in [5.41, 5.74) is 1.06. The minimum Gasteiger partial charge on any atom is -0.373 e. The van der Waals surface area contributed by atoms with Crippen LogP contribution in [0.3, 0.4) is 0 Å². The van der Waals surface area contributed by atoms with Gasteiger partial charge in [-0.1, -0.05) is 27.7 Å². The third kappa shape index (κ3) is 4.30. The van der Waals surface area contributed by atoms with Crippen molar-refractivity contribution < 1.29 is 4.74 Å². The van der Waals surface area contributed by atoms with Crippen LogP contribution >= 0.6 is 0 Å². The van der Waals surface area contributed by atoms with Gasteiger partial charge in [0.05, 0.1) is 5.69 Å². The maximum Gasteiger partial charge on any atom is 0.156 e. The zero-order chi connectivity index (χ0) is 12.9. The lowest BCUT2D eigenvalue weighted by molar-refractivity contribution is 0.116. The predicted molar refractivity (Wildman–Crippen MR) is 70.2 cm³/mol. The Balaban J connectivity index is 2.89. The average Bonchev–Trinajstić information content (AvgIpc) is 2.28. The molecule has 1 aromatic rings.